The number of amides is 3. The Labute approximate surface area is 230 Å². The Hall–Kier alpha value is -4.21. The molecule has 1 aliphatic rings. The van der Waals surface area contributed by atoms with Crippen molar-refractivity contribution in [3.63, 3.8) is 0 Å². The number of ether oxygens (including phenoxy) is 2. The Morgan fingerprint density at radius 1 is 1.05 bits per heavy atom. The van der Waals surface area contributed by atoms with Gasteiger partial charge in [-0.15, -0.1) is 0 Å². The van der Waals surface area contributed by atoms with E-state index in [-0.39, 0.29) is 23.2 Å². The third-order valence-electron chi connectivity index (χ3n) is 5.51. The van der Waals surface area contributed by atoms with Crippen molar-refractivity contribution in [2.75, 3.05) is 23.4 Å². The summed E-state index contributed by atoms with van der Waals surface area (Å²) in [6, 6.07) is 18.9. The van der Waals surface area contributed by atoms with E-state index in [9.17, 15) is 14.4 Å². The molecule has 4 rings (SSSR count). The lowest BCUT2D eigenvalue weighted by Gasteiger charge is -2.28. The molecular weight excluding hydrogens is 526 g/mol. The Morgan fingerprint density at radius 3 is 2.53 bits per heavy atom. The number of hydrogen-bond donors (Lipinski definition) is 2. The number of halogens is 1. The number of nitrogens with zero attached hydrogens (tertiary/aromatic N) is 1. The summed E-state index contributed by atoms with van der Waals surface area (Å²) in [5, 5.41) is 5.85. The van der Waals surface area contributed by atoms with Crippen molar-refractivity contribution in [1.29, 1.82) is 0 Å². The van der Waals surface area contributed by atoms with E-state index >= 15 is 0 Å². The predicted octanol–water partition coefficient (Wildman–Crippen LogP) is 4.90. The fourth-order valence-electron chi connectivity index (χ4n) is 3.65. The number of thiocarbonyl (C=S) groups is 1. The molecule has 0 aromatic heterocycles. The quantitative estimate of drug-likeness (QED) is 0.236. The fourth-order valence-corrected chi connectivity index (χ4v) is 4.11. The van der Waals surface area contributed by atoms with Gasteiger partial charge < -0.3 is 14.8 Å². The zero-order chi connectivity index (χ0) is 27.2. The van der Waals surface area contributed by atoms with Crippen LogP contribution in [0.1, 0.15) is 18.1 Å². The van der Waals surface area contributed by atoms with Crippen molar-refractivity contribution in [3.05, 3.63) is 88.5 Å². The molecule has 0 radical (unpaired) electrons. The molecule has 3 amide bonds. The van der Waals surface area contributed by atoms with Crippen LogP contribution < -0.4 is 25.0 Å². The molecule has 10 heteroatoms. The van der Waals surface area contributed by atoms with Crippen LogP contribution in [-0.4, -0.2) is 36.0 Å². The molecule has 0 atom stereocenters. The number of benzene rings is 3. The number of aryl methyl sites for hydroxylation is 1. The van der Waals surface area contributed by atoms with Crippen LogP contribution in [0.5, 0.6) is 11.5 Å². The first kappa shape index (κ1) is 26.8. The van der Waals surface area contributed by atoms with Gasteiger partial charge in [-0.1, -0.05) is 41.9 Å². The molecule has 3 aromatic carbocycles. The minimum Gasteiger partial charge on any atom is -0.490 e. The molecule has 2 N–H and O–H groups in total. The van der Waals surface area contributed by atoms with Gasteiger partial charge in [0.05, 0.1) is 12.3 Å². The maximum absolute atomic E-state index is 13.2. The number of rotatable bonds is 8. The van der Waals surface area contributed by atoms with Crippen LogP contribution in [0.15, 0.2) is 72.3 Å². The number of anilines is 2. The smallest absolute Gasteiger partial charge is 0.270 e. The molecule has 1 heterocycles. The van der Waals surface area contributed by atoms with Crippen molar-refractivity contribution in [1.82, 2.24) is 5.32 Å². The van der Waals surface area contributed by atoms with E-state index in [0.29, 0.717) is 40.1 Å². The second-order valence-corrected chi connectivity index (χ2v) is 9.03. The molecule has 194 valence electrons. The first-order chi connectivity index (χ1) is 18.3. The van der Waals surface area contributed by atoms with Gasteiger partial charge in [-0.3, -0.25) is 24.6 Å². The second kappa shape index (κ2) is 11.9. The van der Waals surface area contributed by atoms with Gasteiger partial charge in [0, 0.05) is 10.7 Å². The van der Waals surface area contributed by atoms with Crippen molar-refractivity contribution < 1.29 is 23.9 Å². The van der Waals surface area contributed by atoms with Crippen molar-refractivity contribution in [2.45, 2.75) is 13.8 Å². The molecule has 38 heavy (non-hydrogen) atoms. The minimum atomic E-state index is -0.599. The highest BCUT2D eigenvalue weighted by Gasteiger charge is 2.34. The average Bonchev–Trinajstić information content (AvgIpc) is 2.89. The highest BCUT2D eigenvalue weighted by Crippen LogP contribution is 2.30. The minimum absolute atomic E-state index is 0.00767. The van der Waals surface area contributed by atoms with Crippen molar-refractivity contribution >= 4 is 64.1 Å². The summed E-state index contributed by atoms with van der Waals surface area (Å²) in [5.41, 5.74) is 2.44. The van der Waals surface area contributed by atoms with E-state index in [1.807, 2.05) is 19.1 Å². The fraction of sp³-hybridized carbons (Fsp3) is 0.143. The van der Waals surface area contributed by atoms with Gasteiger partial charge in [0.25, 0.3) is 17.7 Å². The zero-order valence-electron chi connectivity index (χ0n) is 20.6. The summed E-state index contributed by atoms with van der Waals surface area (Å²) in [5.74, 6) is -0.834. The zero-order valence-corrected chi connectivity index (χ0v) is 22.2. The van der Waals surface area contributed by atoms with Gasteiger partial charge in [0.15, 0.2) is 23.2 Å². The Balaban J connectivity index is 1.52. The third-order valence-corrected chi connectivity index (χ3v) is 6.20. The second-order valence-electron chi connectivity index (χ2n) is 8.23. The molecule has 3 aromatic rings. The van der Waals surface area contributed by atoms with Gasteiger partial charge in [0.1, 0.15) is 5.57 Å². The van der Waals surface area contributed by atoms with Crippen LogP contribution in [0.4, 0.5) is 11.4 Å². The Bertz CT molecular complexity index is 1440. The summed E-state index contributed by atoms with van der Waals surface area (Å²) in [6.07, 6.45) is 1.45. The normalized spacial score (nSPS) is 14.3. The molecule has 0 saturated carbocycles. The van der Waals surface area contributed by atoms with Crippen molar-refractivity contribution in [3.8, 4) is 11.5 Å². The number of hydrogen-bond acceptors (Lipinski definition) is 6. The highest BCUT2D eigenvalue weighted by molar-refractivity contribution is 7.80. The van der Waals surface area contributed by atoms with Gasteiger partial charge >= 0.3 is 0 Å². The lowest BCUT2D eigenvalue weighted by molar-refractivity contribution is -0.122. The molecule has 0 aliphatic carbocycles. The molecule has 1 aliphatic heterocycles. The van der Waals surface area contributed by atoms with Crippen LogP contribution in [0.3, 0.4) is 0 Å². The lowest BCUT2D eigenvalue weighted by Crippen LogP contribution is -2.54. The van der Waals surface area contributed by atoms with E-state index in [0.717, 1.165) is 5.56 Å². The van der Waals surface area contributed by atoms with Crippen LogP contribution in [-0.2, 0) is 14.4 Å². The Kier molecular flexibility index (Phi) is 8.40. The summed E-state index contributed by atoms with van der Waals surface area (Å²) < 4.78 is 11.4. The van der Waals surface area contributed by atoms with Crippen LogP contribution in [0.2, 0.25) is 5.02 Å². The van der Waals surface area contributed by atoms with E-state index in [4.69, 9.17) is 33.3 Å². The number of carbonyl (C=O) groups is 3. The Morgan fingerprint density at radius 2 is 1.82 bits per heavy atom. The topological polar surface area (TPSA) is 97.0 Å². The number of carbonyl (C=O) groups excluding carboxylic acids is 3. The van der Waals surface area contributed by atoms with Crippen molar-refractivity contribution in [2.24, 2.45) is 0 Å². The van der Waals surface area contributed by atoms with Gasteiger partial charge in [-0.05, 0) is 79.7 Å². The highest BCUT2D eigenvalue weighted by atomic mass is 35.5. The largest absolute Gasteiger partial charge is 0.490 e. The van der Waals surface area contributed by atoms with Crippen LogP contribution in [0, 0.1) is 6.92 Å². The van der Waals surface area contributed by atoms with E-state index in [1.165, 1.54) is 11.0 Å². The number of para-hydroxylation sites is 1. The molecule has 1 fully saturated rings. The standard InChI is InChI=1S/C28H24ClN3O5S/c1-3-36-24-14-18(10-12-23(24)37-16-25(33)30-19-11-9-17(2)22(29)15-19)13-21-26(34)31-28(38)32(27(21)35)20-7-5-4-6-8-20/h4-15H,3,16H2,1-2H3,(H,30,33)(H,31,34,38)/b21-13-. The lowest BCUT2D eigenvalue weighted by atomic mass is 10.1. The molecule has 0 spiro atoms. The molecular formula is C28H24ClN3O5S. The molecule has 0 bridgehead atoms. The van der Waals surface area contributed by atoms with E-state index in [2.05, 4.69) is 10.6 Å². The summed E-state index contributed by atoms with van der Waals surface area (Å²) in [4.78, 5) is 39.5. The molecule has 0 unspecified atom stereocenters. The van der Waals surface area contributed by atoms with Gasteiger partial charge in [-0.2, -0.15) is 0 Å². The van der Waals surface area contributed by atoms with Gasteiger partial charge in [-0.25, -0.2) is 0 Å². The van der Waals surface area contributed by atoms with Gasteiger partial charge in [0.2, 0.25) is 0 Å². The average molecular weight is 550 g/mol. The number of nitrogens with one attached hydrogen (secondary N) is 2. The molecule has 8 nitrogen and oxygen atoms in total. The SMILES string of the molecule is CCOc1cc(/C=C2/C(=O)NC(=S)N(c3ccccc3)C2=O)ccc1OCC(=O)Nc1ccc(C)c(Cl)c1. The maximum atomic E-state index is 13.2. The summed E-state index contributed by atoms with van der Waals surface area (Å²) in [6.45, 7) is 3.74. The predicted molar refractivity (Wildman–Crippen MR) is 151 cm³/mol. The van der Waals surface area contributed by atoms with E-state index in [1.54, 1.807) is 61.5 Å². The third kappa shape index (κ3) is 6.19. The van der Waals surface area contributed by atoms with E-state index < -0.39 is 11.8 Å². The summed E-state index contributed by atoms with van der Waals surface area (Å²) >= 11 is 11.3. The molecule has 1 saturated heterocycles. The van der Waals surface area contributed by atoms with Crippen LogP contribution >= 0.6 is 23.8 Å². The summed E-state index contributed by atoms with van der Waals surface area (Å²) in [7, 11) is 0. The maximum Gasteiger partial charge on any atom is 0.270 e. The first-order valence-electron chi connectivity index (χ1n) is 11.7. The first-order valence-corrected chi connectivity index (χ1v) is 12.5. The monoisotopic (exact) mass is 549 g/mol. The van der Waals surface area contributed by atoms with Crippen LogP contribution in [0.25, 0.3) is 6.08 Å².